The van der Waals surface area contributed by atoms with E-state index in [1.807, 2.05) is 18.2 Å². The molecular formula is C20H20N2O4. The van der Waals surface area contributed by atoms with E-state index in [2.05, 4.69) is 10.3 Å². The molecule has 3 rings (SSSR count). The first kappa shape index (κ1) is 17.5. The zero-order valence-electron chi connectivity index (χ0n) is 14.7. The molecule has 0 spiro atoms. The number of aromatic amines is 1. The van der Waals surface area contributed by atoms with Crippen molar-refractivity contribution in [1.29, 1.82) is 0 Å². The Hall–Kier alpha value is -3.28. The highest BCUT2D eigenvalue weighted by atomic mass is 16.5. The number of aromatic nitrogens is 1. The molecule has 0 radical (unpaired) electrons. The minimum absolute atomic E-state index is 0.163. The molecule has 0 aliphatic carbocycles. The van der Waals surface area contributed by atoms with Crippen molar-refractivity contribution < 1.29 is 14.3 Å². The van der Waals surface area contributed by atoms with Gasteiger partial charge in [0.2, 0.25) is 0 Å². The van der Waals surface area contributed by atoms with Gasteiger partial charge in [0.05, 0.1) is 19.7 Å². The second kappa shape index (κ2) is 7.74. The summed E-state index contributed by atoms with van der Waals surface area (Å²) in [6.45, 7) is 0.371. The number of H-pyrrole nitrogens is 1. The lowest BCUT2D eigenvalue weighted by molar-refractivity contribution is 0.0954. The van der Waals surface area contributed by atoms with Gasteiger partial charge in [0, 0.05) is 23.7 Å². The van der Waals surface area contributed by atoms with Crippen LogP contribution >= 0.6 is 0 Å². The van der Waals surface area contributed by atoms with Crippen LogP contribution in [0, 0.1) is 0 Å². The summed E-state index contributed by atoms with van der Waals surface area (Å²) >= 11 is 0. The predicted molar refractivity (Wildman–Crippen MR) is 100 cm³/mol. The van der Waals surface area contributed by atoms with Gasteiger partial charge >= 0.3 is 0 Å². The lowest BCUT2D eigenvalue weighted by Crippen LogP contribution is -2.27. The largest absolute Gasteiger partial charge is 0.497 e. The van der Waals surface area contributed by atoms with Crippen LogP contribution in [0.1, 0.15) is 15.9 Å². The Morgan fingerprint density at radius 2 is 1.69 bits per heavy atom. The Morgan fingerprint density at radius 3 is 2.38 bits per heavy atom. The third-order valence-electron chi connectivity index (χ3n) is 4.16. The van der Waals surface area contributed by atoms with Gasteiger partial charge in [-0.2, -0.15) is 0 Å². The van der Waals surface area contributed by atoms with Crippen LogP contribution in [-0.2, 0) is 6.42 Å². The number of carbonyl (C=O) groups excluding carboxylic acids is 1. The Labute approximate surface area is 150 Å². The highest BCUT2D eigenvalue weighted by Crippen LogP contribution is 2.18. The molecule has 1 aromatic heterocycles. The summed E-state index contributed by atoms with van der Waals surface area (Å²) in [6, 6.07) is 14.2. The van der Waals surface area contributed by atoms with Crippen LogP contribution < -0.4 is 20.3 Å². The van der Waals surface area contributed by atoms with Crippen molar-refractivity contribution in [1.82, 2.24) is 10.3 Å². The summed E-state index contributed by atoms with van der Waals surface area (Å²) in [4.78, 5) is 27.2. The third-order valence-corrected chi connectivity index (χ3v) is 4.16. The number of benzene rings is 2. The fraction of sp³-hybridized carbons (Fsp3) is 0.200. The Balaban J connectivity index is 1.66. The van der Waals surface area contributed by atoms with Crippen molar-refractivity contribution in [2.75, 3.05) is 20.8 Å². The van der Waals surface area contributed by atoms with Crippen LogP contribution in [0.2, 0.25) is 0 Å². The maximum atomic E-state index is 12.2. The van der Waals surface area contributed by atoms with E-state index in [1.165, 1.54) is 0 Å². The standard InChI is InChI=1S/C20H20N2O4/c1-25-16-6-3-13(4-7-16)19(23)21-10-9-15-11-14-5-8-17(26-2)12-18(14)22-20(15)24/h3-8,11-12H,9-10H2,1-2H3,(H,21,23)(H,22,24). The molecule has 6 heteroatoms. The predicted octanol–water partition coefficient (Wildman–Crippen LogP) is 2.52. The van der Waals surface area contributed by atoms with Crippen LogP contribution in [0.5, 0.6) is 11.5 Å². The molecule has 2 N–H and O–H groups in total. The van der Waals surface area contributed by atoms with E-state index in [0.717, 1.165) is 10.9 Å². The molecule has 2 aromatic carbocycles. The molecule has 0 unspecified atom stereocenters. The molecule has 6 nitrogen and oxygen atoms in total. The minimum Gasteiger partial charge on any atom is -0.497 e. The van der Waals surface area contributed by atoms with Crippen molar-refractivity contribution >= 4 is 16.8 Å². The van der Waals surface area contributed by atoms with Crippen molar-refractivity contribution in [3.63, 3.8) is 0 Å². The van der Waals surface area contributed by atoms with Gasteiger partial charge in [-0.05, 0) is 54.3 Å². The summed E-state index contributed by atoms with van der Waals surface area (Å²) in [7, 11) is 3.16. The first-order valence-electron chi connectivity index (χ1n) is 8.23. The number of amides is 1. The van der Waals surface area contributed by atoms with Crippen molar-refractivity contribution in [2.45, 2.75) is 6.42 Å². The number of pyridine rings is 1. The Bertz CT molecular complexity index is 977. The molecule has 0 saturated carbocycles. The molecule has 0 fully saturated rings. The molecule has 26 heavy (non-hydrogen) atoms. The molecular weight excluding hydrogens is 332 g/mol. The van der Waals surface area contributed by atoms with Gasteiger partial charge in [-0.15, -0.1) is 0 Å². The van der Waals surface area contributed by atoms with Crippen molar-refractivity contribution in [2.24, 2.45) is 0 Å². The number of nitrogens with one attached hydrogen (secondary N) is 2. The van der Waals surface area contributed by atoms with Gasteiger partial charge in [-0.3, -0.25) is 9.59 Å². The summed E-state index contributed by atoms with van der Waals surface area (Å²) in [5.41, 5.74) is 1.73. The molecule has 0 aliphatic heterocycles. The van der Waals surface area contributed by atoms with Gasteiger partial charge in [-0.25, -0.2) is 0 Å². The minimum atomic E-state index is -0.186. The zero-order valence-corrected chi connectivity index (χ0v) is 14.7. The van der Waals surface area contributed by atoms with Crippen LogP contribution in [0.25, 0.3) is 10.9 Å². The molecule has 134 valence electrons. The summed E-state index contributed by atoms with van der Waals surface area (Å²) < 4.78 is 10.2. The first-order valence-corrected chi connectivity index (χ1v) is 8.23. The number of carbonyl (C=O) groups is 1. The fourth-order valence-corrected chi connectivity index (χ4v) is 2.69. The smallest absolute Gasteiger partial charge is 0.251 e. The first-order chi connectivity index (χ1) is 12.6. The van der Waals surface area contributed by atoms with E-state index in [-0.39, 0.29) is 11.5 Å². The number of ether oxygens (including phenoxy) is 2. The monoisotopic (exact) mass is 352 g/mol. The van der Waals surface area contributed by atoms with Gasteiger partial charge in [0.15, 0.2) is 0 Å². The zero-order chi connectivity index (χ0) is 18.5. The number of rotatable bonds is 6. The van der Waals surface area contributed by atoms with Gasteiger partial charge in [0.1, 0.15) is 11.5 Å². The molecule has 0 bridgehead atoms. The van der Waals surface area contributed by atoms with E-state index >= 15 is 0 Å². The lowest BCUT2D eigenvalue weighted by atomic mass is 10.1. The number of methoxy groups -OCH3 is 2. The highest BCUT2D eigenvalue weighted by molar-refractivity contribution is 5.94. The second-order valence-electron chi connectivity index (χ2n) is 5.81. The van der Waals surface area contributed by atoms with Crippen molar-refractivity contribution in [3.05, 3.63) is 70.0 Å². The topological polar surface area (TPSA) is 80.4 Å². The maximum Gasteiger partial charge on any atom is 0.251 e. The van der Waals surface area contributed by atoms with Crippen LogP contribution in [-0.4, -0.2) is 31.7 Å². The van der Waals surface area contributed by atoms with E-state index in [9.17, 15) is 9.59 Å². The molecule has 0 aliphatic rings. The lowest BCUT2D eigenvalue weighted by Gasteiger charge is -2.07. The fourth-order valence-electron chi connectivity index (χ4n) is 2.69. The second-order valence-corrected chi connectivity index (χ2v) is 5.81. The van der Waals surface area contributed by atoms with E-state index < -0.39 is 0 Å². The summed E-state index contributed by atoms with van der Waals surface area (Å²) in [5.74, 6) is 1.20. The Kier molecular flexibility index (Phi) is 5.22. The van der Waals surface area contributed by atoms with Crippen LogP contribution in [0.3, 0.4) is 0 Å². The summed E-state index contributed by atoms with van der Waals surface area (Å²) in [6.07, 6.45) is 0.444. The average molecular weight is 352 g/mol. The third kappa shape index (κ3) is 3.85. The SMILES string of the molecule is COc1ccc(C(=O)NCCc2cc3ccc(OC)cc3[nH]c2=O)cc1. The van der Waals surface area contributed by atoms with E-state index in [4.69, 9.17) is 9.47 Å². The van der Waals surface area contributed by atoms with E-state index in [0.29, 0.717) is 35.6 Å². The van der Waals surface area contributed by atoms with Crippen molar-refractivity contribution in [3.8, 4) is 11.5 Å². The normalized spacial score (nSPS) is 10.5. The Morgan fingerprint density at radius 1 is 1.00 bits per heavy atom. The number of fused-ring (bicyclic) bond motifs is 1. The highest BCUT2D eigenvalue weighted by Gasteiger charge is 2.07. The van der Waals surface area contributed by atoms with Crippen LogP contribution in [0.4, 0.5) is 0 Å². The molecule has 1 amide bonds. The quantitative estimate of drug-likeness (QED) is 0.714. The molecule has 0 saturated heterocycles. The molecule has 0 atom stereocenters. The molecule has 3 aromatic rings. The van der Waals surface area contributed by atoms with Gasteiger partial charge in [0.25, 0.3) is 11.5 Å². The van der Waals surface area contributed by atoms with Gasteiger partial charge < -0.3 is 19.8 Å². The average Bonchev–Trinajstić information content (AvgIpc) is 2.67. The van der Waals surface area contributed by atoms with Gasteiger partial charge in [-0.1, -0.05) is 0 Å². The van der Waals surface area contributed by atoms with Crippen LogP contribution in [0.15, 0.2) is 53.3 Å². The van der Waals surface area contributed by atoms with E-state index in [1.54, 1.807) is 44.6 Å². The number of hydrogen-bond donors (Lipinski definition) is 2. The maximum absolute atomic E-state index is 12.2. The molecule has 1 heterocycles. The summed E-state index contributed by atoms with van der Waals surface area (Å²) in [5, 5.41) is 3.74. The number of hydrogen-bond acceptors (Lipinski definition) is 4.